The van der Waals surface area contributed by atoms with Crippen molar-refractivity contribution in [3.05, 3.63) is 6.42 Å². The Hall–Kier alpha value is -1.10. The highest BCUT2D eigenvalue weighted by molar-refractivity contribution is 5.88. The van der Waals surface area contributed by atoms with Crippen LogP contribution in [0, 0.1) is 6.42 Å². The molecule has 0 fully saturated rings. The molecule has 0 aromatic rings. The Labute approximate surface area is 51.4 Å². The van der Waals surface area contributed by atoms with Gasteiger partial charge in [0.25, 0.3) is 0 Å². The van der Waals surface area contributed by atoms with Gasteiger partial charge in [-0.1, -0.05) is 0 Å². The quantitative estimate of drug-likeness (QED) is 0.365. The Kier molecular flexibility index (Phi) is 3.38. The van der Waals surface area contributed by atoms with Crippen LogP contribution < -0.4 is 5.73 Å². The number of esters is 1. The summed E-state index contributed by atoms with van der Waals surface area (Å²) in [5.41, 5.74) is 4.44. The van der Waals surface area contributed by atoms with Crippen molar-refractivity contribution in [2.75, 3.05) is 6.61 Å². The second-order valence-electron chi connectivity index (χ2n) is 1.13. The molecule has 51 valence electrons. The van der Waals surface area contributed by atoms with Crippen LogP contribution in [-0.2, 0) is 9.53 Å². The summed E-state index contributed by atoms with van der Waals surface area (Å²) < 4.78 is 3.78. The van der Waals surface area contributed by atoms with Gasteiger partial charge in [0.05, 0.1) is 13.0 Å². The predicted molar refractivity (Wildman–Crippen MR) is 27.1 cm³/mol. The van der Waals surface area contributed by atoms with E-state index in [-0.39, 0.29) is 0 Å². The number of hydrogen-bond donors (Lipinski definition) is 2. The Morgan fingerprint density at radius 1 is 1.67 bits per heavy atom. The lowest BCUT2D eigenvalue weighted by Crippen LogP contribution is -2.19. The standard InChI is InChI=1S/C4H6NO4/c5-4(8)9-3(7)1-2-6/h1,6H,2H2,(H2,5,8). The van der Waals surface area contributed by atoms with Gasteiger partial charge in [-0.15, -0.1) is 0 Å². The number of nitrogens with two attached hydrogens (primary N) is 1. The third-order valence-corrected chi connectivity index (χ3v) is 0.459. The monoisotopic (exact) mass is 132 g/mol. The third kappa shape index (κ3) is 4.76. The maximum atomic E-state index is 10.1. The molecule has 1 radical (unpaired) electrons. The molecule has 1 amide bonds. The van der Waals surface area contributed by atoms with Crippen LogP contribution in [0.15, 0.2) is 0 Å². The molecule has 0 aliphatic heterocycles. The molecular formula is C4H6NO4. The van der Waals surface area contributed by atoms with E-state index in [0.717, 1.165) is 6.42 Å². The Morgan fingerprint density at radius 2 is 2.22 bits per heavy atom. The van der Waals surface area contributed by atoms with E-state index in [0.29, 0.717) is 0 Å². The zero-order valence-electron chi connectivity index (χ0n) is 4.53. The zero-order valence-corrected chi connectivity index (χ0v) is 4.53. The zero-order chi connectivity index (χ0) is 7.28. The highest BCUT2D eigenvalue weighted by Gasteiger charge is 2.04. The maximum Gasteiger partial charge on any atom is 0.412 e. The van der Waals surface area contributed by atoms with Crippen LogP contribution in [0.5, 0.6) is 0 Å². The number of ether oxygens (including phenoxy) is 1. The molecule has 0 unspecified atom stereocenters. The molecule has 0 bridgehead atoms. The fourth-order valence-corrected chi connectivity index (χ4v) is 0.215. The van der Waals surface area contributed by atoms with Gasteiger partial charge in [0.2, 0.25) is 0 Å². The number of hydrogen-bond acceptors (Lipinski definition) is 4. The van der Waals surface area contributed by atoms with Crippen LogP contribution in [0.4, 0.5) is 4.79 Å². The first-order chi connectivity index (χ1) is 4.16. The molecule has 9 heavy (non-hydrogen) atoms. The van der Waals surface area contributed by atoms with Crippen LogP contribution in [0.1, 0.15) is 0 Å². The summed E-state index contributed by atoms with van der Waals surface area (Å²) in [5, 5.41) is 8.04. The number of carbonyl (C=O) groups is 2. The van der Waals surface area contributed by atoms with Crippen molar-refractivity contribution >= 4 is 12.1 Å². The van der Waals surface area contributed by atoms with E-state index in [9.17, 15) is 9.59 Å². The minimum absolute atomic E-state index is 0.466. The van der Waals surface area contributed by atoms with Gasteiger partial charge in [-0.2, -0.15) is 0 Å². The van der Waals surface area contributed by atoms with Crippen LogP contribution in [0.25, 0.3) is 0 Å². The summed E-state index contributed by atoms with van der Waals surface area (Å²) in [6.45, 7) is -0.466. The van der Waals surface area contributed by atoms with Crippen LogP contribution in [0.3, 0.4) is 0 Å². The maximum absolute atomic E-state index is 10.1. The summed E-state index contributed by atoms with van der Waals surface area (Å²) in [5.74, 6) is -0.940. The average Bonchev–Trinajstić information content (AvgIpc) is 1.63. The normalized spacial score (nSPS) is 8.56. The SMILES string of the molecule is NC(=O)OC(=O)[CH]CO. The molecule has 0 saturated heterocycles. The van der Waals surface area contributed by atoms with Crippen molar-refractivity contribution in [1.82, 2.24) is 0 Å². The predicted octanol–water partition coefficient (Wildman–Crippen LogP) is -1.20. The average molecular weight is 132 g/mol. The molecule has 3 N–H and O–H groups in total. The molecule has 0 aromatic carbocycles. The summed E-state index contributed by atoms with van der Waals surface area (Å²) in [6.07, 6.45) is -0.394. The summed E-state index contributed by atoms with van der Waals surface area (Å²) in [4.78, 5) is 19.9. The second kappa shape index (κ2) is 3.85. The van der Waals surface area contributed by atoms with Crippen molar-refractivity contribution < 1.29 is 19.4 Å². The summed E-state index contributed by atoms with van der Waals surface area (Å²) in [7, 11) is 0. The highest BCUT2D eigenvalue weighted by atomic mass is 16.6. The van der Waals surface area contributed by atoms with Crippen molar-refractivity contribution in [3.8, 4) is 0 Å². The topological polar surface area (TPSA) is 89.6 Å². The van der Waals surface area contributed by atoms with E-state index in [2.05, 4.69) is 10.5 Å². The van der Waals surface area contributed by atoms with Gasteiger partial charge in [0.15, 0.2) is 0 Å². The lowest BCUT2D eigenvalue weighted by molar-refractivity contribution is -0.133. The smallest absolute Gasteiger partial charge is 0.395 e. The van der Waals surface area contributed by atoms with E-state index in [1.54, 1.807) is 0 Å². The first-order valence-electron chi connectivity index (χ1n) is 2.12. The lowest BCUT2D eigenvalue weighted by atomic mass is 10.5. The van der Waals surface area contributed by atoms with Gasteiger partial charge in [0, 0.05) is 0 Å². The molecule has 0 aromatic heterocycles. The van der Waals surface area contributed by atoms with Gasteiger partial charge in [-0.25, -0.2) is 4.79 Å². The van der Waals surface area contributed by atoms with E-state index < -0.39 is 18.7 Å². The largest absolute Gasteiger partial charge is 0.412 e. The van der Waals surface area contributed by atoms with E-state index in [1.165, 1.54) is 0 Å². The van der Waals surface area contributed by atoms with Gasteiger partial charge in [-0.3, -0.25) is 4.79 Å². The minimum Gasteiger partial charge on any atom is -0.395 e. The van der Waals surface area contributed by atoms with Crippen LogP contribution in [-0.4, -0.2) is 23.8 Å². The van der Waals surface area contributed by atoms with Crippen molar-refractivity contribution in [3.63, 3.8) is 0 Å². The van der Waals surface area contributed by atoms with Gasteiger partial charge < -0.3 is 15.6 Å². The second-order valence-corrected chi connectivity index (χ2v) is 1.13. The molecule has 0 aliphatic rings. The lowest BCUT2D eigenvalue weighted by Gasteiger charge is -1.93. The number of amides is 1. The highest BCUT2D eigenvalue weighted by Crippen LogP contribution is 1.81. The molecular weight excluding hydrogens is 126 g/mol. The molecule has 0 spiro atoms. The fraction of sp³-hybridized carbons (Fsp3) is 0.250. The summed E-state index contributed by atoms with van der Waals surface area (Å²) in [6, 6.07) is 0. The molecule has 0 saturated carbocycles. The molecule has 5 nitrogen and oxygen atoms in total. The first-order valence-corrected chi connectivity index (χ1v) is 2.12. The molecule has 0 atom stereocenters. The van der Waals surface area contributed by atoms with Crippen LogP contribution in [0.2, 0.25) is 0 Å². The molecule has 0 rings (SSSR count). The summed E-state index contributed by atoms with van der Waals surface area (Å²) >= 11 is 0. The number of aliphatic hydroxyl groups excluding tert-OH is 1. The van der Waals surface area contributed by atoms with Gasteiger partial charge in [0.1, 0.15) is 0 Å². The number of primary amides is 1. The van der Waals surface area contributed by atoms with Crippen molar-refractivity contribution in [2.24, 2.45) is 5.73 Å². The molecule has 0 aliphatic carbocycles. The van der Waals surface area contributed by atoms with E-state index >= 15 is 0 Å². The van der Waals surface area contributed by atoms with Crippen molar-refractivity contribution in [1.29, 1.82) is 0 Å². The van der Waals surface area contributed by atoms with Crippen molar-refractivity contribution in [2.45, 2.75) is 0 Å². The number of aliphatic hydroxyl groups is 1. The Bertz CT molecular complexity index is 122. The molecule has 0 heterocycles. The van der Waals surface area contributed by atoms with E-state index in [4.69, 9.17) is 5.11 Å². The molecule has 5 heteroatoms. The number of rotatable bonds is 2. The number of carbonyl (C=O) groups excluding carboxylic acids is 2. The Balaban J connectivity index is 3.39. The van der Waals surface area contributed by atoms with Crippen LogP contribution >= 0.6 is 0 Å². The first kappa shape index (κ1) is 7.90. The minimum atomic E-state index is -1.18. The van der Waals surface area contributed by atoms with Gasteiger partial charge in [-0.05, 0) is 0 Å². The van der Waals surface area contributed by atoms with E-state index in [1.807, 2.05) is 0 Å². The Morgan fingerprint density at radius 3 is 2.56 bits per heavy atom. The third-order valence-electron chi connectivity index (χ3n) is 0.459. The van der Waals surface area contributed by atoms with Gasteiger partial charge >= 0.3 is 12.1 Å². The fourth-order valence-electron chi connectivity index (χ4n) is 0.215.